The largest absolute Gasteiger partial charge is 0.347 e. The maximum absolute atomic E-state index is 4.47. The minimum absolute atomic E-state index is 0.663. The van der Waals surface area contributed by atoms with Gasteiger partial charge < -0.3 is 4.90 Å². The molecule has 1 aromatic carbocycles. The Morgan fingerprint density at radius 2 is 1.69 bits per heavy atom. The minimum atomic E-state index is 0.663. The van der Waals surface area contributed by atoms with E-state index in [-0.39, 0.29) is 0 Å². The number of rotatable bonds is 5. The van der Waals surface area contributed by atoms with Crippen molar-refractivity contribution < 1.29 is 0 Å². The molecule has 0 radical (unpaired) electrons. The summed E-state index contributed by atoms with van der Waals surface area (Å²) in [4.78, 5) is 16.2. The average Bonchev–Trinajstić information content (AvgIpc) is 2.93. The van der Waals surface area contributed by atoms with Crippen LogP contribution in [0.25, 0.3) is 0 Å². The standard InChI is InChI=1S/C21H29N5/c1-24(2)21-22-10-19(11-23-21)13-25-12-18-8-9-20(16-25)26(15-18)14-17-6-4-3-5-7-17/h3-7,10-11,18,20H,8-9,12-16H2,1-2H3/t18-,20+/m1/s1. The van der Waals surface area contributed by atoms with Crippen molar-refractivity contribution in [3.8, 4) is 0 Å². The van der Waals surface area contributed by atoms with Gasteiger partial charge in [0.05, 0.1) is 0 Å². The monoisotopic (exact) mass is 351 g/mol. The van der Waals surface area contributed by atoms with Crippen LogP contribution in [0.15, 0.2) is 42.7 Å². The number of hydrogen-bond acceptors (Lipinski definition) is 5. The summed E-state index contributed by atoms with van der Waals surface area (Å²) in [6.07, 6.45) is 6.65. The molecule has 2 atom stereocenters. The second-order valence-corrected chi connectivity index (χ2v) is 7.99. The molecule has 5 heteroatoms. The summed E-state index contributed by atoms with van der Waals surface area (Å²) in [5, 5.41) is 0. The lowest BCUT2D eigenvalue weighted by Crippen LogP contribution is -2.43. The van der Waals surface area contributed by atoms with Crippen LogP contribution in [0.5, 0.6) is 0 Å². The summed E-state index contributed by atoms with van der Waals surface area (Å²) >= 11 is 0. The molecule has 3 aliphatic heterocycles. The lowest BCUT2D eigenvalue weighted by molar-refractivity contribution is 0.123. The van der Waals surface area contributed by atoms with Crippen LogP contribution >= 0.6 is 0 Å². The number of nitrogens with zero attached hydrogens (tertiary/aromatic N) is 5. The molecule has 0 amide bonds. The molecule has 0 unspecified atom stereocenters. The fourth-order valence-electron chi connectivity index (χ4n) is 4.34. The van der Waals surface area contributed by atoms with E-state index in [4.69, 9.17) is 0 Å². The quantitative estimate of drug-likeness (QED) is 0.827. The van der Waals surface area contributed by atoms with Gasteiger partial charge in [0, 0.05) is 70.8 Å². The van der Waals surface area contributed by atoms with Crippen molar-refractivity contribution in [2.45, 2.75) is 32.0 Å². The summed E-state index contributed by atoms with van der Waals surface area (Å²) in [7, 11) is 3.95. The van der Waals surface area contributed by atoms with Crippen molar-refractivity contribution in [3.63, 3.8) is 0 Å². The first-order valence-electron chi connectivity index (χ1n) is 9.66. The second-order valence-electron chi connectivity index (χ2n) is 7.99. The van der Waals surface area contributed by atoms with Gasteiger partial charge in [0.2, 0.25) is 5.95 Å². The normalized spacial score (nSPS) is 23.8. The fraction of sp³-hybridized carbons (Fsp3) is 0.524. The van der Waals surface area contributed by atoms with Crippen molar-refractivity contribution in [1.82, 2.24) is 19.8 Å². The minimum Gasteiger partial charge on any atom is -0.347 e. The van der Waals surface area contributed by atoms with Gasteiger partial charge in [-0.25, -0.2) is 9.97 Å². The third-order valence-corrected chi connectivity index (χ3v) is 5.63. The number of piperidine rings is 1. The van der Waals surface area contributed by atoms with E-state index in [2.05, 4.69) is 50.1 Å². The van der Waals surface area contributed by atoms with Crippen LogP contribution in [0.3, 0.4) is 0 Å². The second kappa shape index (κ2) is 7.72. The third kappa shape index (κ3) is 4.05. The SMILES string of the molecule is CN(C)c1ncc(CN2C[C@H]3CC[C@@H](C2)N(Cc2ccccc2)C3)cn1. The summed E-state index contributed by atoms with van der Waals surface area (Å²) in [6, 6.07) is 11.6. The number of aromatic nitrogens is 2. The molecule has 5 rings (SSSR count). The Balaban J connectivity index is 1.41. The molecular weight excluding hydrogens is 322 g/mol. The van der Waals surface area contributed by atoms with Crippen LogP contribution in [-0.4, -0.2) is 59.5 Å². The molecule has 0 aliphatic carbocycles. The van der Waals surface area contributed by atoms with Crippen LogP contribution in [0.4, 0.5) is 5.95 Å². The maximum atomic E-state index is 4.47. The number of benzene rings is 1. The molecule has 26 heavy (non-hydrogen) atoms. The lowest BCUT2D eigenvalue weighted by atomic mass is 9.94. The first-order chi connectivity index (χ1) is 12.7. The van der Waals surface area contributed by atoms with Crippen LogP contribution in [-0.2, 0) is 13.1 Å². The van der Waals surface area contributed by atoms with Gasteiger partial charge in [0.1, 0.15) is 0 Å². The molecule has 5 nitrogen and oxygen atoms in total. The molecule has 4 heterocycles. The van der Waals surface area contributed by atoms with E-state index in [1.54, 1.807) is 0 Å². The summed E-state index contributed by atoms with van der Waals surface area (Å²) in [6.45, 7) is 5.61. The van der Waals surface area contributed by atoms with E-state index in [0.29, 0.717) is 6.04 Å². The fourth-order valence-corrected chi connectivity index (χ4v) is 4.34. The number of hydrogen-bond donors (Lipinski definition) is 0. The van der Waals surface area contributed by atoms with Crippen LogP contribution in [0.1, 0.15) is 24.0 Å². The van der Waals surface area contributed by atoms with E-state index in [0.717, 1.165) is 31.5 Å². The zero-order chi connectivity index (χ0) is 17.9. The first-order valence-corrected chi connectivity index (χ1v) is 9.66. The van der Waals surface area contributed by atoms with E-state index in [1.807, 2.05) is 31.4 Å². The molecule has 0 saturated carbocycles. The highest BCUT2D eigenvalue weighted by atomic mass is 15.3. The van der Waals surface area contributed by atoms with E-state index in [9.17, 15) is 0 Å². The van der Waals surface area contributed by atoms with Crippen molar-refractivity contribution in [1.29, 1.82) is 0 Å². The summed E-state index contributed by atoms with van der Waals surface area (Å²) in [5.41, 5.74) is 2.64. The van der Waals surface area contributed by atoms with Crippen LogP contribution in [0.2, 0.25) is 0 Å². The zero-order valence-corrected chi connectivity index (χ0v) is 15.9. The van der Waals surface area contributed by atoms with Crippen molar-refractivity contribution in [3.05, 3.63) is 53.9 Å². The summed E-state index contributed by atoms with van der Waals surface area (Å²) < 4.78 is 0. The highest BCUT2D eigenvalue weighted by Crippen LogP contribution is 2.29. The molecule has 3 saturated heterocycles. The number of anilines is 1. The lowest BCUT2D eigenvalue weighted by Gasteiger charge is -2.36. The Kier molecular flexibility index (Phi) is 5.18. The zero-order valence-electron chi connectivity index (χ0n) is 15.9. The van der Waals surface area contributed by atoms with Gasteiger partial charge in [-0.2, -0.15) is 0 Å². The Morgan fingerprint density at radius 3 is 2.42 bits per heavy atom. The highest BCUT2D eigenvalue weighted by Gasteiger charge is 2.34. The van der Waals surface area contributed by atoms with Gasteiger partial charge in [0.25, 0.3) is 0 Å². The van der Waals surface area contributed by atoms with Gasteiger partial charge in [-0.05, 0) is 24.3 Å². The van der Waals surface area contributed by atoms with Gasteiger partial charge in [-0.3, -0.25) is 9.80 Å². The predicted molar refractivity (Wildman–Crippen MR) is 105 cm³/mol. The molecular formula is C21H29N5. The molecule has 3 aliphatic rings. The molecule has 3 fully saturated rings. The van der Waals surface area contributed by atoms with E-state index < -0.39 is 0 Å². The average molecular weight is 351 g/mol. The van der Waals surface area contributed by atoms with Gasteiger partial charge in [0.15, 0.2) is 0 Å². The van der Waals surface area contributed by atoms with Crippen LogP contribution in [0, 0.1) is 5.92 Å². The van der Waals surface area contributed by atoms with Crippen molar-refractivity contribution in [2.24, 2.45) is 5.92 Å². The molecule has 0 N–H and O–H groups in total. The molecule has 2 aromatic rings. The highest BCUT2D eigenvalue weighted by molar-refractivity contribution is 5.26. The molecule has 0 spiro atoms. The number of fused-ring (bicyclic) bond motifs is 4. The third-order valence-electron chi connectivity index (χ3n) is 5.63. The topological polar surface area (TPSA) is 35.5 Å². The Morgan fingerprint density at radius 1 is 0.923 bits per heavy atom. The van der Waals surface area contributed by atoms with Crippen molar-refractivity contribution in [2.75, 3.05) is 38.6 Å². The van der Waals surface area contributed by atoms with E-state index in [1.165, 1.54) is 37.1 Å². The van der Waals surface area contributed by atoms with Crippen LogP contribution < -0.4 is 4.90 Å². The van der Waals surface area contributed by atoms with E-state index >= 15 is 0 Å². The summed E-state index contributed by atoms with van der Waals surface area (Å²) in [5.74, 6) is 1.55. The van der Waals surface area contributed by atoms with Gasteiger partial charge in [-0.1, -0.05) is 30.3 Å². The Labute approximate surface area is 156 Å². The van der Waals surface area contributed by atoms with Gasteiger partial charge in [-0.15, -0.1) is 0 Å². The predicted octanol–water partition coefficient (Wildman–Crippen LogP) is 2.64. The Hall–Kier alpha value is -1.98. The van der Waals surface area contributed by atoms with Crippen molar-refractivity contribution >= 4 is 5.95 Å². The maximum Gasteiger partial charge on any atom is 0.224 e. The molecule has 1 aromatic heterocycles. The van der Waals surface area contributed by atoms with Gasteiger partial charge >= 0.3 is 0 Å². The molecule has 2 bridgehead atoms. The first kappa shape index (κ1) is 17.4. The Bertz CT molecular complexity index is 700. The molecule has 138 valence electrons. The smallest absolute Gasteiger partial charge is 0.224 e.